The zero-order valence-electron chi connectivity index (χ0n) is 19.6. The van der Waals surface area contributed by atoms with Gasteiger partial charge in [-0.2, -0.15) is 0 Å². The number of nitrogens with two attached hydrogens (primary N) is 1. The van der Waals surface area contributed by atoms with Gasteiger partial charge in [-0.3, -0.25) is 14.6 Å². The molecule has 1 atom stereocenters. The number of amides is 1. The van der Waals surface area contributed by atoms with E-state index in [1.54, 1.807) is 24.4 Å². The van der Waals surface area contributed by atoms with Gasteiger partial charge in [-0.1, -0.05) is 18.2 Å². The maximum atomic E-state index is 12.4. The van der Waals surface area contributed by atoms with Crippen molar-refractivity contribution >= 4 is 39.8 Å². The number of ether oxygens (including phenoxy) is 2. The molecule has 0 bridgehead atoms. The Kier molecular flexibility index (Phi) is 7.62. The number of rotatable bonds is 10. The molecule has 9 heteroatoms. The number of aromatic nitrogens is 1. The van der Waals surface area contributed by atoms with Crippen LogP contribution in [0, 0.1) is 0 Å². The summed E-state index contributed by atoms with van der Waals surface area (Å²) < 4.78 is 11.2. The number of anilines is 3. The number of carbonyl (C=O) groups excluding carboxylic acids is 1. The van der Waals surface area contributed by atoms with Crippen LogP contribution >= 0.6 is 0 Å². The van der Waals surface area contributed by atoms with Crippen LogP contribution in [0.15, 0.2) is 79.0 Å². The van der Waals surface area contributed by atoms with Crippen molar-refractivity contribution in [3.05, 3.63) is 84.6 Å². The SMILES string of the molecule is COc1cc2c(Nc3ccc(NC(=O)c4ccccc4)cc3)ccnc2cc1OCCC(N)C(=O)O. The smallest absolute Gasteiger partial charge is 0.320 e. The fourth-order valence-electron chi connectivity index (χ4n) is 3.54. The second-order valence-corrected chi connectivity index (χ2v) is 7.98. The maximum absolute atomic E-state index is 12.4. The molecule has 3 aromatic carbocycles. The number of carbonyl (C=O) groups is 2. The third-order valence-corrected chi connectivity index (χ3v) is 5.49. The van der Waals surface area contributed by atoms with Gasteiger partial charge in [0.2, 0.25) is 0 Å². The van der Waals surface area contributed by atoms with E-state index in [4.69, 9.17) is 20.3 Å². The molecule has 36 heavy (non-hydrogen) atoms. The number of carboxylic acids is 1. The summed E-state index contributed by atoms with van der Waals surface area (Å²) in [6.45, 7) is 0.125. The Hall–Kier alpha value is -4.63. The number of hydrogen-bond donors (Lipinski definition) is 4. The van der Waals surface area contributed by atoms with Crippen molar-refractivity contribution in [1.29, 1.82) is 0 Å². The van der Waals surface area contributed by atoms with E-state index in [1.165, 1.54) is 7.11 Å². The number of fused-ring (bicyclic) bond motifs is 1. The van der Waals surface area contributed by atoms with Gasteiger partial charge in [0.1, 0.15) is 6.04 Å². The number of hydrogen-bond acceptors (Lipinski definition) is 7. The van der Waals surface area contributed by atoms with Gasteiger partial charge in [-0.05, 0) is 48.5 Å². The Morgan fingerprint density at radius 2 is 1.72 bits per heavy atom. The molecule has 4 rings (SSSR count). The standard InChI is InChI=1S/C27H26N4O5/c1-35-24-15-20-22(11-13-29-23(20)16-25(24)36-14-12-21(28)27(33)34)30-18-7-9-19(10-8-18)31-26(32)17-5-3-2-4-6-17/h2-11,13,15-16,21H,12,14,28H2,1H3,(H,29,30)(H,31,32)(H,33,34). The van der Waals surface area contributed by atoms with Gasteiger partial charge in [0, 0.05) is 46.7 Å². The van der Waals surface area contributed by atoms with Crippen molar-refractivity contribution in [2.45, 2.75) is 12.5 Å². The lowest BCUT2D eigenvalue weighted by Gasteiger charge is -2.15. The number of methoxy groups -OCH3 is 1. The van der Waals surface area contributed by atoms with Gasteiger partial charge in [0.15, 0.2) is 11.5 Å². The average molecular weight is 487 g/mol. The van der Waals surface area contributed by atoms with Crippen molar-refractivity contribution in [2.24, 2.45) is 5.73 Å². The molecule has 0 aliphatic rings. The van der Waals surface area contributed by atoms with Crippen LogP contribution in [0.25, 0.3) is 10.9 Å². The number of nitrogens with zero attached hydrogens (tertiary/aromatic N) is 1. The molecule has 184 valence electrons. The zero-order chi connectivity index (χ0) is 25.5. The summed E-state index contributed by atoms with van der Waals surface area (Å²) in [6.07, 6.45) is 1.84. The first-order valence-electron chi connectivity index (χ1n) is 11.3. The van der Waals surface area contributed by atoms with Gasteiger partial charge in [0.05, 0.1) is 19.2 Å². The Labute approximate surface area is 207 Å². The summed E-state index contributed by atoms with van der Waals surface area (Å²) in [5.74, 6) is -0.313. The van der Waals surface area contributed by atoms with E-state index in [9.17, 15) is 9.59 Å². The van der Waals surface area contributed by atoms with Crippen molar-refractivity contribution in [3.63, 3.8) is 0 Å². The fraction of sp³-hybridized carbons (Fsp3) is 0.148. The van der Waals surface area contributed by atoms with Crippen LogP contribution in [0.3, 0.4) is 0 Å². The molecule has 5 N–H and O–H groups in total. The molecule has 0 spiro atoms. The molecule has 0 saturated carbocycles. The number of pyridine rings is 1. The van der Waals surface area contributed by atoms with Gasteiger partial charge in [-0.15, -0.1) is 0 Å². The number of aliphatic carboxylic acids is 1. The minimum atomic E-state index is -1.08. The highest BCUT2D eigenvalue weighted by molar-refractivity contribution is 6.04. The van der Waals surface area contributed by atoms with Gasteiger partial charge in [0.25, 0.3) is 5.91 Å². The highest BCUT2D eigenvalue weighted by Gasteiger charge is 2.14. The zero-order valence-corrected chi connectivity index (χ0v) is 19.6. The molecular formula is C27H26N4O5. The van der Waals surface area contributed by atoms with Crippen LogP contribution in [0.4, 0.5) is 17.1 Å². The van der Waals surface area contributed by atoms with Crippen LogP contribution in [0.2, 0.25) is 0 Å². The first-order chi connectivity index (χ1) is 17.4. The van der Waals surface area contributed by atoms with Crippen molar-refractivity contribution < 1.29 is 24.2 Å². The molecule has 0 fully saturated rings. The van der Waals surface area contributed by atoms with Crippen LogP contribution < -0.4 is 25.8 Å². The van der Waals surface area contributed by atoms with Crippen LogP contribution in [0.1, 0.15) is 16.8 Å². The minimum Gasteiger partial charge on any atom is -0.493 e. The van der Waals surface area contributed by atoms with E-state index in [1.807, 2.05) is 54.6 Å². The quantitative estimate of drug-likeness (QED) is 0.259. The van der Waals surface area contributed by atoms with Crippen molar-refractivity contribution in [3.8, 4) is 11.5 Å². The predicted octanol–water partition coefficient (Wildman–Crippen LogP) is 4.42. The fourth-order valence-corrected chi connectivity index (χ4v) is 3.54. The normalized spacial score (nSPS) is 11.5. The largest absolute Gasteiger partial charge is 0.493 e. The van der Waals surface area contributed by atoms with E-state index < -0.39 is 12.0 Å². The molecule has 1 amide bonds. The Balaban J connectivity index is 1.48. The highest BCUT2D eigenvalue weighted by atomic mass is 16.5. The molecule has 1 heterocycles. The first kappa shape index (κ1) is 24.5. The van der Waals surface area contributed by atoms with Crippen molar-refractivity contribution in [2.75, 3.05) is 24.4 Å². The van der Waals surface area contributed by atoms with Gasteiger partial charge < -0.3 is 30.9 Å². The van der Waals surface area contributed by atoms with Crippen LogP contribution in [-0.4, -0.2) is 41.7 Å². The lowest BCUT2D eigenvalue weighted by Crippen LogP contribution is -2.31. The lowest BCUT2D eigenvalue weighted by molar-refractivity contribution is -0.138. The number of carboxylic acid groups (broad SMARTS) is 1. The monoisotopic (exact) mass is 486 g/mol. The molecule has 1 unspecified atom stereocenters. The van der Waals surface area contributed by atoms with E-state index in [0.29, 0.717) is 28.3 Å². The minimum absolute atomic E-state index is 0.125. The molecule has 0 radical (unpaired) electrons. The topological polar surface area (TPSA) is 136 Å². The van der Waals surface area contributed by atoms with Gasteiger partial charge >= 0.3 is 5.97 Å². The third-order valence-electron chi connectivity index (χ3n) is 5.49. The predicted molar refractivity (Wildman–Crippen MR) is 138 cm³/mol. The molecular weight excluding hydrogens is 460 g/mol. The Morgan fingerprint density at radius 1 is 1.00 bits per heavy atom. The summed E-state index contributed by atoms with van der Waals surface area (Å²) in [7, 11) is 1.53. The molecule has 0 aliphatic heterocycles. The van der Waals surface area contributed by atoms with E-state index >= 15 is 0 Å². The van der Waals surface area contributed by atoms with Crippen molar-refractivity contribution in [1.82, 2.24) is 4.98 Å². The molecule has 0 aliphatic carbocycles. The lowest BCUT2D eigenvalue weighted by atomic mass is 10.1. The first-order valence-corrected chi connectivity index (χ1v) is 11.3. The van der Waals surface area contributed by atoms with E-state index in [2.05, 4.69) is 15.6 Å². The second kappa shape index (κ2) is 11.2. The molecule has 1 aromatic heterocycles. The summed E-state index contributed by atoms with van der Waals surface area (Å²) in [5, 5.41) is 16.0. The van der Waals surface area contributed by atoms with Crippen LogP contribution in [-0.2, 0) is 4.79 Å². The third kappa shape index (κ3) is 5.89. The Morgan fingerprint density at radius 3 is 2.42 bits per heavy atom. The average Bonchev–Trinajstić information content (AvgIpc) is 2.90. The maximum Gasteiger partial charge on any atom is 0.320 e. The summed E-state index contributed by atoms with van der Waals surface area (Å²) in [6, 6.07) is 20.8. The summed E-state index contributed by atoms with van der Waals surface area (Å²) in [5.41, 5.74) is 9.11. The highest BCUT2D eigenvalue weighted by Crippen LogP contribution is 2.35. The number of benzene rings is 3. The molecule has 9 nitrogen and oxygen atoms in total. The second-order valence-electron chi connectivity index (χ2n) is 7.98. The summed E-state index contributed by atoms with van der Waals surface area (Å²) in [4.78, 5) is 27.7. The summed E-state index contributed by atoms with van der Waals surface area (Å²) >= 11 is 0. The Bertz CT molecular complexity index is 1360. The molecule has 0 saturated heterocycles. The van der Waals surface area contributed by atoms with Gasteiger partial charge in [-0.25, -0.2) is 0 Å². The van der Waals surface area contributed by atoms with Crippen LogP contribution in [0.5, 0.6) is 11.5 Å². The molecule has 4 aromatic rings. The van der Waals surface area contributed by atoms with E-state index in [-0.39, 0.29) is 18.9 Å². The van der Waals surface area contributed by atoms with E-state index in [0.717, 1.165) is 16.8 Å². The number of nitrogens with one attached hydrogen (secondary N) is 2.